The van der Waals surface area contributed by atoms with Crippen LogP contribution in [0.1, 0.15) is 19.8 Å². The minimum Gasteiger partial charge on any atom is -0.397 e. The number of hydrogen-bond acceptors (Lipinski definition) is 3. The standard InChI is InChI=1S/C13H19ClN2O2/c1-9(18-3)4-7-13(17)16(2)12-8-10(14)5-6-11(12)15/h5-6,8-9H,4,7,15H2,1-3H3. The molecule has 0 saturated carbocycles. The second-order valence-electron chi connectivity index (χ2n) is 4.24. The second kappa shape index (κ2) is 6.61. The molecule has 0 spiro atoms. The minimum atomic E-state index is -0.00660. The first-order valence-corrected chi connectivity index (χ1v) is 6.18. The van der Waals surface area contributed by atoms with Gasteiger partial charge in [0, 0.05) is 25.6 Å². The predicted molar refractivity (Wildman–Crippen MR) is 75.0 cm³/mol. The Labute approximate surface area is 113 Å². The van der Waals surface area contributed by atoms with E-state index in [4.69, 9.17) is 22.1 Å². The molecule has 1 amide bonds. The topological polar surface area (TPSA) is 55.6 Å². The van der Waals surface area contributed by atoms with E-state index < -0.39 is 0 Å². The first kappa shape index (κ1) is 14.8. The van der Waals surface area contributed by atoms with Crippen LogP contribution >= 0.6 is 11.6 Å². The van der Waals surface area contributed by atoms with Crippen LogP contribution < -0.4 is 10.6 Å². The SMILES string of the molecule is COC(C)CCC(=O)N(C)c1cc(Cl)ccc1N. The van der Waals surface area contributed by atoms with Gasteiger partial charge in [-0.2, -0.15) is 0 Å². The van der Waals surface area contributed by atoms with Crippen LogP contribution in [-0.4, -0.2) is 26.2 Å². The van der Waals surface area contributed by atoms with Crippen LogP contribution in [0.2, 0.25) is 5.02 Å². The Bertz CT molecular complexity index is 423. The molecule has 100 valence electrons. The van der Waals surface area contributed by atoms with Crippen LogP contribution in [0.3, 0.4) is 0 Å². The van der Waals surface area contributed by atoms with E-state index >= 15 is 0 Å². The number of nitrogens with two attached hydrogens (primary N) is 1. The number of rotatable bonds is 5. The van der Waals surface area contributed by atoms with E-state index in [2.05, 4.69) is 0 Å². The molecule has 1 aromatic carbocycles. The third kappa shape index (κ3) is 3.89. The van der Waals surface area contributed by atoms with E-state index in [1.807, 2.05) is 6.92 Å². The molecule has 1 aromatic rings. The van der Waals surface area contributed by atoms with Crippen LogP contribution in [0.25, 0.3) is 0 Å². The van der Waals surface area contributed by atoms with Crippen molar-refractivity contribution in [1.82, 2.24) is 0 Å². The maximum atomic E-state index is 12.0. The van der Waals surface area contributed by atoms with E-state index in [9.17, 15) is 4.79 Å². The summed E-state index contributed by atoms with van der Waals surface area (Å²) < 4.78 is 5.11. The minimum absolute atomic E-state index is 0.00660. The van der Waals surface area contributed by atoms with Gasteiger partial charge in [-0.3, -0.25) is 4.79 Å². The molecule has 0 heterocycles. The summed E-state index contributed by atoms with van der Waals surface area (Å²) >= 11 is 5.90. The monoisotopic (exact) mass is 270 g/mol. The molecule has 0 fully saturated rings. The summed E-state index contributed by atoms with van der Waals surface area (Å²) in [7, 11) is 3.33. The number of hydrogen-bond donors (Lipinski definition) is 1. The van der Waals surface area contributed by atoms with Gasteiger partial charge in [0.05, 0.1) is 17.5 Å². The van der Waals surface area contributed by atoms with Gasteiger partial charge >= 0.3 is 0 Å². The normalized spacial score (nSPS) is 12.2. The maximum Gasteiger partial charge on any atom is 0.226 e. The number of carbonyl (C=O) groups is 1. The number of methoxy groups -OCH3 is 1. The number of benzene rings is 1. The van der Waals surface area contributed by atoms with Crippen LogP contribution in [0.5, 0.6) is 0 Å². The summed E-state index contributed by atoms with van der Waals surface area (Å²) in [5.41, 5.74) is 7.01. The van der Waals surface area contributed by atoms with E-state index in [1.54, 1.807) is 32.4 Å². The lowest BCUT2D eigenvalue weighted by Gasteiger charge is -2.20. The average Bonchev–Trinajstić information content (AvgIpc) is 2.37. The molecule has 0 radical (unpaired) electrons. The summed E-state index contributed by atoms with van der Waals surface area (Å²) in [5.74, 6) is -0.00660. The molecule has 2 N–H and O–H groups in total. The summed E-state index contributed by atoms with van der Waals surface area (Å²) in [5, 5.41) is 0.559. The first-order valence-electron chi connectivity index (χ1n) is 5.80. The van der Waals surface area contributed by atoms with Crippen molar-refractivity contribution in [3.05, 3.63) is 23.2 Å². The molecule has 1 unspecified atom stereocenters. The largest absolute Gasteiger partial charge is 0.397 e. The zero-order valence-electron chi connectivity index (χ0n) is 10.9. The molecule has 18 heavy (non-hydrogen) atoms. The van der Waals surface area contributed by atoms with E-state index in [-0.39, 0.29) is 12.0 Å². The van der Waals surface area contributed by atoms with Crippen molar-refractivity contribution in [2.45, 2.75) is 25.9 Å². The van der Waals surface area contributed by atoms with Crippen molar-refractivity contribution in [3.63, 3.8) is 0 Å². The quantitative estimate of drug-likeness (QED) is 0.837. The summed E-state index contributed by atoms with van der Waals surface area (Å²) in [6, 6.07) is 5.08. The Balaban J connectivity index is 2.71. The van der Waals surface area contributed by atoms with Crippen LogP contribution in [0.15, 0.2) is 18.2 Å². The van der Waals surface area contributed by atoms with Crippen molar-refractivity contribution in [2.24, 2.45) is 0 Å². The Hall–Kier alpha value is -1.26. The van der Waals surface area contributed by atoms with Gasteiger partial charge in [-0.15, -0.1) is 0 Å². The molecule has 4 nitrogen and oxygen atoms in total. The van der Waals surface area contributed by atoms with Crippen molar-refractivity contribution < 1.29 is 9.53 Å². The molecular formula is C13H19ClN2O2. The fraction of sp³-hybridized carbons (Fsp3) is 0.462. The molecule has 0 aliphatic rings. The van der Waals surface area contributed by atoms with E-state index in [1.165, 1.54) is 4.90 Å². The highest BCUT2D eigenvalue weighted by Crippen LogP contribution is 2.26. The van der Waals surface area contributed by atoms with Gasteiger partial charge in [-0.25, -0.2) is 0 Å². The summed E-state index contributed by atoms with van der Waals surface area (Å²) in [6.45, 7) is 1.93. The number of ether oxygens (including phenoxy) is 1. The van der Waals surface area contributed by atoms with Crippen molar-refractivity contribution in [1.29, 1.82) is 0 Å². The van der Waals surface area contributed by atoms with Crippen molar-refractivity contribution in [2.75, 3.05) is 24.8 Å². The second-order valence-corrected chi connectivity index (χ2v) is 4.68. The molecular weight excluding hydrogens is 252 g/mol. The Morgan fingerprint density at radius 3 is 2.83 bits per heavy atom. The van der Waals surface area contributed by atoms with Gasteiger partial charge in [0.25, 0.3) is 0 Å². The molecule has 0 aliphatic carbocycles. The number of anilines is 2. The fourth-order valence-electron chi connectivity index (χ4n) is 1.55. The first-order chi connectivity index (χ1) is 8.45. The summed E-state index contributed by atoms with van der Waals surface area (Å²) in [6.07, 6.45) is 1.16. The van der Waals surface area contributed by atoms with Gasteiger partial charge in [0.1, 0.15) is 0 Å². The highest BCUT2D eigenvalue weighted by Gasteiger charge is 2.15. The van der Waals surface area contributed by atoms with E-state index in [0.29, 0.717) is 29.2 Å². The van der Waals surface area contributed by atoms with Gasteiger partial charge in [-0.05, 0) is 31.5 Å². The van der Waals surface area contributed by atoms with Crippen molar-refractivity contribution >= 4 is 28.9 Å². The predicted octanol–water partition coefficient (Wildman–Crippen LogP) is 2.70. The highest BCUT2D eigenvalue weighted by atomic mass is 35.5. The number of nitrogen functional groups attached to an aromatic ring is 1. The third-order valence-corrected chi connectivity index (χ3v) is 3.13. The molecule has 0 bridgehead atoms. The lowest BCUT2D eigenvalue weighted by Crippen LogP contribution is -2.27. The highest BCUT2D eigenvalue weighted by molar-refractivity contribution is 6.31. The van der Waals surface area contributed by atoms with Crippen LogP contribution in [0.4, 0.5) is 11.4 Å². The molecule has 0 aliphatic heterocycles. The maximum absolute atomic E-state index is 12.0. The Kier molecular flexibility index (Phi) is 5.44. The molecule has 0 aromatic heterocycles. The Morgan fingerprint density at radius 1 is 1.56 bits per heavy atom. The lowest BCUT2D eigenvalue weighted by molar-refractivity contribution is -0.118. The van der Waals surface area contributed by atoms with Gasteiger partial charge < -0.3 is 15.4 Å². The van der Waals surface area contributed by atoms with Crippen LogP contribution in [-0.2, 0) is 9.53 Å². The van der Waals surface area contributed by atoms with Crippen LogP contribution in [0, 0.1) is 0 Å². The number of nitrogens with zero attached hydrogens (tertiary/aromatic N) is 1. The zero-order chi connectivity index (χ0) is 13.7. The lowest BCUT2D eigenvalue weighted by atomic mass is 10.2. The van der Waals surface area contributed by atoms with Gasteiger partial charge in [0.2, 0.25) is 5.91 Å². The Morgan fingerprint density at radius 2 is 2.22 bits per heavy atom. The smallest absolute Gasteiger partial charge is 0.226 e. The number of amides is 1. The van der Waals surface area contributed by atoms with Gasteiger partial charge in [0.15, 0.2) is 0 Å². The average molecular weight is 271 g/mol. The van der Waals surface area contributed by atoms with Crippen molar-refractivity contribution in [3.8, 4) is 0 Å². The molecule has 1 rings (SSSR count). The third-order valence-electron chi connectivity index (χ3n) is 2.90. The zero-order valence-corrected chi connectivity index (χ0v) is 11.7. The molecule has 0 saturated heterocycles. The van der Waals surface area contributed by atoms with E-state index in [0.717, 1.165) is 0 Å². The fourth-order valence-corrected chi connectivity index (χ4v) is 1.72. The number of halogens is 1. The number of carbonyl (C=O) groups excluding carboxylic acids is 1. The molecule has 1 atom stereocenters. The van der Waals surface area contributed by atoms with Gasteiger partial charge in [-0.1, -0.05) is 11.6 Å². The summed E-state index contributed by atoms with van der Waals surface area (Å²) in [4.78, 5) is 13.5. The molecule has 5 heteroatoms.